The van der Waals surface area contributed by atoms with Crippen LogP contribution in [0.2, 0.25) is 10.0 Å². The van der Waals surface area contributed by atoms with E-state index in [1.165, 1.54) is 12.1 Å². The van der Waals surface area contributed by atoms with Gasteiger partial charge in [0, 0.05) is 53.7 Å². The van der Waals surface area contributed by atoms with E-state index >= 15 is 0 Å². The van der Waals surface area contributed by atoms with E-state index in [0.717, 1.165) is 43.6 Å². The maximum Gasteiger partial charge on any atom is 0.332 e. The minimum absolute atomic E-state index is 0.0882. The maximum atomic E-state index is 14.1. The SMILES string of the molecule is C[C@@H](Oc1cc(-c2cnn(C3CCN(CCOCCOCCOCCOCC(=O)OC(C)(C)C)CC3)c2)cnc1N)c1c(Cl)ccc(F)c1Cl. The van der Waals surface area contributed by atoms with E-state index in [0.29, 0.717) is 62.6 Å². The Bertz CT molecular complexity index is 1520. The van der Waals surface area contributed by atoms with E-state index in [9.17, 15) is 9.18 Å². The lowest BCUT2D eigenvalue weighted by Gasteiger charge is -2.31. The van der Waals surface area contributed by atoms with Crippen LogP contribution < -0.4 is 10.5 Å². The Hall–Kier alpha value is -3.04. The van der Waals surface area contributed by atoms with Crippen LogP contribution in [0, 0.1) is 5.82 Å². The zero-order valence-electron chi connectivity index (χ0n) is 29.2. The van der Waals surface area contributed by atoms with Gasteiger partial charge in [0.15, 0.2) is 11.6 Å². The van der Waals surface area contributed by atoms with Crippen LogP contribution in [0.25, 0.3) is 11.1 Å². The van der Waals surface area contributed by atoms with E-state index in [4.69, 9.17) is 57.4 Å². The third-order valence-corrected chi connectivity index (χ3v) is 8.56. The Morgan fingerprint density at radius 1 is 0.980 bits per heavy atom. The van der Waals surface area contributed by atoms with Crippen LogP contribution in [0.4, 0.5) is 10.2 Å². The van der Waals surface area contributed by atoms with Crippen LogP contribution in [0.5, 0.6) is 5.75 Å². The number of nitrogens with zero attached hydrogens (tertiary/aromatic N) is 4. The molecule has 15 heteroatoms. The van der Waals surface area contributed by atoms with Crippen LogP contribution in [0.15, 0.2) is 36.8 Å². The van der Waals surface area contributed by atoms with E-state index in [1.54, 1.807) is 25.4 Å². The van der Waals surface area contributed by atoms with Gasteiger partial charge in [-0.3, -0.25) is 4.68 Å². The molecule has 0 radical (unpaired) electrons. The topological polar surface area (TPSA) is 132 Å². The van der Waals surface area contributed by atoms with Gasteiger partial charge in [-0.25, -0.2) is 14.2 Å². The average molecular weight is 741 g/mol. The zero-order valence-corrected chi connectivity index (χ0v) is 30.7. The fraction of sp³-hybridized carbons (Fsp3) is 0.571. The first-order chi connectivity index (χ1) is 23.9. The standard InChI is InChI=1S/C35H48Cl2FN5O7/c1-24(32-28(36)5-6-29(38)33(32)37)49-30-19-25(20-40-34(30)39)26-21-41-43(22-26)27-7-9-42(10-8-27)11-12-45-13-14-46-15-16-47-17-18-48-23-31(44)50-35(2,3)4/h5-6,19-22,24,27H,7-18,23H2,1-4H3,(H2,39,40)/t24-/m1/s1. The molecular formula is C35H48Cl2FN5O7. The van der Waals surface area contributed by atoms with Crippen LogP contribution in [-0.4, -0.2) is 104 Å². The minimum Gasteiger partial charge on any atom is -0.482 e. The average Bonchev–Trinajstić information content (AvgIpc) is 3.56. The van der Waals surface area contributed by atoms with Gasteiger partial charge in [-0.05, 0) is 58.7 Å². The number of rotatable bonds is 19. The molecule has 2 aromatic heterocycles. The highest BCUT2D eigenvalue weighted by atomic mass is 35.5. The van der Waals surface area contributed by atoms with Gasteiger partial charge < -0.3 is 39.1 Å². The highest BCUT2D eigenvalue weighted by Crippen LogP contribution is 2.37. The Morgan fingerprint density at radius 3 is 2.28 bits per heavy atom. The summed E-state index contributed by atoms with van der Waals surface area (Å²) in [7, 11) is 0. The predicted octanol–water partition coefficient (Wildman–Crippen LogP) is 6.16. The quantitative estimate of drug-likeness (QED) is 0.0862. The van der Waals surface area contributed by atoms with Crippen molar-refractivity contribution in [2.45, 2.75) is 58.3 Å². The summed E-state index contributed by atoms with van der Waals surface area (Å²) in [5, 5.41) is 4.85. The van der Waals surface area contributed by atoms with Gasteiger partial charge in [-0.15, -0.1) is 0 Å². The molecule has 0 spiro atoms. The smallest absolute Gasteiger partial charge is 0.332 e. The number of ether oxygens (including phenoxy) is 6. The number of likely N-dealkylation sites (tertiary alicyclic amines) is 1. The molecular weight excluding hydrogens is 692 g/mol. The largest absolute Gasteiger partial charge is 0.482 e. The van der Waals surface area contributed by atoms with Crippen molar-refractivity contribution in [1.29, 1.82) is 0 Å². The molecule has 0 saturated carbocycles. The minimum atomic E-state index is -0.667. The molecule has 2 N–H and O–H groups in total. The molecule has 1 aromatic carbocycles. The normalized spacial score (nSPS) is 14.9. The lowest BCUT2D eigenvalue weighted by Crippen LogP contribution is -2.37. The van der Waals surface area contributed by atoms with Crippen molar-refractivity contribution in [1.82, 2.24) is 19.7 Å². The summed E-state index contributed by atoms with van der Waals surface area (Å²) >= 11 is 12.5. The number of carbonyl (C=O) groups excluding carboxylic acids is 1. The number of benzene rings is 1. The van der Waals surface area contributed by atoms with Gasteiger partial charge in [0.1, 0.15) is 24.1 Å². The first-order valence-corrected chi connectivity index (χ1v) is 17.5. The molecule has 12 nitrogen and oxygen atoms in total. The van der Waals surface area contributed by atoms with Gasteiger partial charge in [0.25, 0.3) is 0 Å². The monoisotopic (exact) mass is 739 g/mol. The lowest BCUT2D eigenvalue weighted by atomic mass is 10.1. The van der Waals surface area contributed by atoms with Gasteiger partial charge in [0.2, 0.25) is 0 Å². The summed E-state index contributed by atoms with van der Waals surface area (Å²) in [4.78, 5) is 18.3. The first kappa shape index (κ1) is 39.7. The van der Waals surface area contributed by atoms with Crippen molar-refractivity contribution < 1.29 is 37.6 Å². The molecule has 1 aliphatic rings. The Labute approximate surface area is 303 Å². The fourth-order valence-corrected chi connectivity index (χ4v) is 6.02. The Kier molecular flexibility index (Phi) is 15.5. The number of anilines is 1. The summed E-state index contributed by atoms with van der Waals surface area (Å²) in [5.41, 5.74) is 7.60. The Morgan fingerprint density at radius 2 is 1.62 bits per heavy atom. The maximum absolute atomic E-state index is 14.1. The third-order valence-electron chi connectivity index (χ3n) is 7.85. The van der Waals surface area contributed by atoms with Crippen molar-refractivity contribution in [3.05, 3.63) is 58.2 Å². The van der Waals surface area contributed by atoms with Crippen molar-refractivity contribution in [2.24, 2.45) is 0 Å². The summed E-state index contributed by atoms with van der Waals surface area (Å²) in [6.45, 7) is 13.1. The van der Waals surface area contributed by atoms with E-state index < -0.39 is 17.5 Å². The second-order valence-corrected chi connectivity index (χ2v) is 13.7. The highest BCUT2D eigenvalue weighted by molar-refractivity contribution is 6.36. The van der Waals surface area contributed by atoms with Gasteiger partial charge >= 0.3 is 5.97 Å². The number of aromatic nitrogens is 3. The van der Waals surface area contributed by atoms with Crippen molar-refractivity contribution >= 4 is 35.0 Å². The van der Waals surface area contributed by atoms with Crippen LogP contribution in [0.3, 0.4) is 0 Å². The van der Waals surface area contributed by atoms with E-state index in [1.807, 2.05) is 31.6 Å². The number of pyridine rings is 1. The summed E-state index contributed by atoms with van der Waals surface area (Å²) in [5.74, 6) is -0.430. The Balaban J connectivity index is 1.08. The van der Waals surface area contributed by atoms with Gasteiger partial charge in [-0.1, -0.05) is 23.2 Å². The predicted molar refractivity (Wildman–Crippen MR) is 189 cm³/mol. The summed E-state index contributed by atoms with van der Waals surface area (Å²) in [6, 6.07) is 4.73. The number of nitrogen functional groups attached to an aromatic ring is 1. The van der Waals surface area contributed by atoms with Crippen LogP contribution in [0.1, 0.15) is 58.2 Å². The molecule has 4 rings (SSSR count). The molecule has 0 bridgehead atoms. The van der Waals surface area contributed by atoms with E-state index in [2.05, 4.69) is 15.0 Å². The molecule has 50 heavy (non-hydrogen) atoms. The van der Waals surface area contributed by atoms with Crippen molar-refractivity contribution in [3.63, 3.8) is 0 Å². The number of halogens is 3. The van der Waals surface area contributed by atoms with Crippen LogP contribution in [-0.2, 0) is 28.5 Å². The highest BCUT2D eigenvalue weighted by Gasteiger charge is 2.23. The van der Waals surface area contributed by atoms with Crippen molar-refractivity contribution in [2.75, 3.05) is 78.2 Å². The number of piperidine rings is 1. The molecule has 1 fully saturated rings. The van der Waals surface area contributed by atoms with Crippen molar-refractivity contribution in [3.8, 4) is 16.9 Å². The first-order valence-electron chi connectivity index (χ1n) is 16.8. The molecule has 1 saturated heterocycles. The number of hydrogen-bond acceptors (Lipinski definition) is 11. The molecule has 1 aliphatic heterocycles. The van der Waals surface area contributed by atoms with Gasteiger partial charge in [0.05, 0.1) is 63.5 Å². The molecule has 0 unspecified atom stereocenters. The second kappa shape index (κ2) is 19.5. The molecule has 0 amide bonds. The van der Waals surface area contributed by atoms with E-state index in [-0.39, 0.29) is 29.5 Å². The lowest BCUT2D eigenvalue weighted by molar-refractivity contribution is -0.160. The van der Waals surface area contributed by atoms with Gasteiger partial charge in [-0.2, -0.15) is 5.10 Å². The van der Waals surface area contributed by atoms with Crippen LogP contribution >= 0.6 is 23.2 Å². The fourth-order valence-electron chi connectivity index (χ4n) is 5.35. The molecule has 0 aliphatic carbocycles. The zero-order chi connectivity index (χ0) is 36.1. The summed E-state index contributed by atoms with van der Waals surface area (Å²) in [6.07, 6.45) is 6.76. The summed E-state index contributed by atoms with van der Waals surface area (Å²) < 4.78 is 49.3. The number of hydrogen-bond donors (Lipinski definition) is 1. The molecule has 3 heterocycles. The molecule has 276 valence electrons. The molecule has 1 atom stereocenters. The number of esters is 1. The third kappa shape index (κ3) is 12.6. The number of nitrogens with two attached hydrogens (primary N) is 1. The number of carbonyl (C=O) groups is 1. The molecule has 3 aromatic rings. The second-order valence-electron chi connectivity index (χ2n) is 12.9.